The van der Waals surface area contributed by atoms with E-state index in [1.807, 2.05) is 39.2 Å². The van der Waals surface area contributed by atoms with E-state index in [0.717, 1.165) is 29.1 Å². The van der Waals surface area contributed by atoms with Crippen LogP contribution in [0, 0.1) is 24.2 Å². The van der Waals surface area contributed by atoms with Crippen LogP contribution in [0.5, 0.6) is 0 Å². The molecule has 0 aromatic carbocycles. The Kier molecular flexibility index (Phi) is 11.1. The van der Waals surface area contributed by atoms with Crippen LogP contribution in [0.4, 0.5) is 0 Å². The van der Waals surface area contributed by atoms with E-state index in [2.05, 4.69) is 4.98 Å². The second-order valence-corrected chi connectivity index (χ2v) is 14.6. The molecule has 0 saturated carbocycles. The van der Waals surface area contributed by atoms with Crippen molar-refractivity contribution in [3.8, 4) is 0 Å². The number of aromatic nitrogens is 1. The molecule has 0 bridgehead atoms. The molecule has 248 valence electrons. The molecule has 44 heavy (non-hydrogen) atoms. The van der Waals surface area contributed by atoms with Gasteiger partial charge in [-0.15, -0.1) is 11.3 Å². The normalized spacial score (nSPS) is 40.8. The number of carbonyl (C=O) groups excluding carboxylic acids is 2. The number of hydrogen-bond acceptors (Lipinski definition) is 12. The lowest BCUT2D eigenvalue weighted by molar-refractivity contribution is -0.218. The number of fused-ring (bicyclic) bond motifs is 1. The van der Waals surface area contributed by atoms with Gasteiger partial charge in [0.25, 0.3) is 0 Å². The number of Topliss-reactive ketones (excluding diaryl/α,β-unsaturated/α-hetero) is 1. The molecule has 11 atom stereocenters. The van der Waals surface area contributed by atoms with Crippen LogP contribution in [0.3, 0.4) is 0 Å². The Morgan fingerprint density at radius 1 is 1.16 bits per heavy atom. The third-order valence-electron chi connectivity index (χ3n) is 9.69. The summed E-state index contributed by atoms with van der Waals surface area (Å²) in [5.41, 5.74) is -0.146. The molecule has 1 aromatic heterocycles. The number of carbonyl (C=O) groups is 2. The Bertz CT molecular complexity index is 1200. The quantitative estimate of drug-likeness (QED) is 0.276. The van der Waals surface area contributed by atoms with Gasteiger partial charge in [0, 0.05) is 17.7 Å². The van der Waals surface area contributed by atoms with Crippen LogP contribution in [-0.2, 0) is 28.5 Å². The van der Waals surface area contributed by atoms with Crippen molar-refractivity contribution in [1.29, 1.82) is 0 Å². The van der Waals surface area contributed by atoms with Gasteiger partial charge in [0.1, 0.15) is 30.2 Å². The molecule has 4 rings (SSSR count). The lowest BCUT2D eigenvalue weighted by atomic mass is 9.72. The predicted octanol–water partition coefficient (Wildman–Crippen LogP) is 2.94. The van der Waals surface area contributed by atoms with Crippen molar-refractivity contribution < 1.29 is 49.0 Å². The fourth-order valence-corrected chi connectivity index (χ4v) is 6.98. The molecule has 0 amide bonds. The standard InChI is InChI=1S/C32H49NO10S/c1-16-9-8-10-32(7)24(43-32)12-21(17(2)11-20-15-44-19(4)33-20)40-25(35)13-23(31(5,6)29(39)18(3)26(16)36)42-30-28(38)27(37)22(14-34)41-30/h11,15-16,18,21-24,26-28,30,34,36-38H,8-10,12-14H2,1-7H3/b17-11+/t16-,18+,21-,22+,23-,24-,26-,27+,28-,30+,32+/m0/s1. The van der Waals surface area contributed by atoms with Crippen molar-refractivity contribution in [2.45, 2.75) is 135 Å². The topological polar surface area (TPSA) is 168 Å². The monoisotopic (exact) mass is 639 g/mol. The molecule has 3 saturated heterocycles. The van der Waals surface area contributed by atoms with E-state index in [-0.39, 0.29) is 29.8 Å². The number of thiazole rings is 1. The number of aliphatic hydroxyl groups excluding tert-OH is 4. The second-order valence-electron chi connectivity index (χ2n) is 13.6. The highest BCUT2D eigenvalue weighted by molar-refractivity contribution is 7.09. The van der Waals surface area contributed by atoms with Crippen LogP contribution in [0.2, 0.25) is 0 Å². The Morgan fingerprint density at radius 2 is 1.86 bits per heavy atom. The first-order chi connectivity index (χ1) is 20.6. The largest absolute Gasteiger partial charge is 0.458 e. The molecule has 0 spiro atoms. The molecular weight excluding hydrogens is 590 g/mol. The number of nitrogens with zero attached hydrogens (tertiary/aromatic N) is 1. The highest BCUT2D eigenvalue weighted by Crippen LogP contribution is 2.45. The first kappa shape index (κ1) is 35.1. The van der Waals surface area contributed by atoms with Gasteiger partial charge in [0.15, 0.2) is 6.29 Å². The van der Waals surface area contributed by atoms with Crippen LogP contribution in [-0.4, -0.2) is 98.4 Å². The third kappa shape index (κ3) is 7.78. The van der Waals surface area contributed by atoms with Crippen LogP contribution in [0.25, 0.3) is 6.08 Å². The fourth-order valence-electron chi connectivity index (χ4n) is 6.41. The Labute approximate surface area is 263 Å². The number of hydrogen-bond donors (Lipinski definition) is 4. The minimum Gasteiger partial charge on any atom is -0.458 e. The predicted molar refractivity (Wildman–Crippen MR) is 163 cm³/mol. The van der Waals surface area contributed by atoms with Gasteiger partial charge in [-0.1, -0.05) is 34.1 Å². The number of ether oxygens (including phenoxy) is 4. The van der Waals surface area contributed by atoms with E-state index >= 15 is 0 Å². The number of esters is 1. The van der Waals surface area contributed by atoms with E-state index in [0.29, 0.717) is 12.8 Å². The first-order valence-corrected chi connectivity index (χ1v) is 16.4. The van der Waals surface area contributed by atoms with Gasteiger partial charge in [-0.25, -0.2) is 4.98 Å². The van der Waals surface area contributed by atoms with Gasteiger partial charge in [-0.3, -0.25) is 9.59 Å². The summed E-state index contributed by atoms with van der Waals surface area (Å²) in [6, 6.07) is 0. The van der Waals surface area contributed by atoms with Gasteiger partial charge in [-0.05, 0) is 51.2 Å². The fraction of sp³-hybridized carbons (Fsp3) is 0.781. The third-order valence-corrected chi connectivity index (χ3v) is 10.5. The second kappa shape index (κ2) is 13.9. The highest BCUT2D eigenvalue weighted by Gasteiger charge is 2.53. The van der Waals surface area contributed by atoms with E-state index < -0.39 is 66.8 Å². The maximum Gasteiger partial charge on any atom is 0.309 e. The van der Waals surface area contributed by atoms with Crippen molar-refractivity contribution in [2.75, 3.05) is 6.61 Å². The van der Waals surface area contributed by atoms with Crippen LogP contribution >= 0.6 is 11.3 Å². The minimum absolute atomic E-state index is 0.128. The van der Waals surface area contributed by atoms with Gasteiger partial charge >= 0.3 is 5.97 Å². The highest BCUT2D eigenvalue weighted by atomic mass is 32.1. The summed E-state index contributed by atoms with van der Waals surface area (Å²) in [5.74, 6) is -1.90. The van der Waals surface area contributed by atoms with Gasteiger partial charge < -0.3 is 39.4 Å². The summed E-state index contributed by atoms with van der Waals surface area (Å²) >= 11 is 1.53. The molecule has 3 aliphatic rings. The zero-order valence-corrected chi connectivity index (χ0v) is 27.6. The molecule has 3 fully saturated rings. The summed E-state index contributed by atoms with van der Waals surface area (Å²) in [5, 5.41) is 44.5. The molecular formula is C32H49NO10S. The Hall–Kier alpha value is -1.77. The number of rotatable bonds is 5. The van der Waals surface area contributed by atoms with Crippen molar-refractivity contribution in [3.63, 3.8) is 0 Å². The molecule has 11 nitrogen and oxygen atoms in total. The SMILES string of the molecule is C/C(=C\c1csc(C)n1)[C@@H]1C[C@@H]2O[C@]2(C)CCC[C@H](C)[C@H](O)[C@@H](C)C(=O)C(C)(C)[C@@H](O[C@H]2O[C@H](CO)[C@@H](O)[C@@H]2O)CC(=O)O1. The van der Waals surface area contributed by atoms with Crippen LogP contribution in [0.1, 0.15) is 84.3 Å². The molecule has 4 N–H and O–H groups in total. The van der Waals surface area contributed by atoms with Gasteiger partial charge in [0.2, 0.25) is 0 Å². The zero-order valence-electron chi connectivity index (χ0n) is 26.8. The molecule has 0 unspecified atom stereocenters. The van der Waals surface area contributed by atoms with Crippen molar-refractivity contribution in [2.24, 2.45) is 17.3 Å². The van der Waals surface area contributed by atoms with E-state index in [4.69, 9.17) is 18.9 Å². The first-order valence-electron chi connectivity index (χ1n) is 15.5. The summed E-state index contributed by atoms with van der Waals surface area (Å²) in [6.45, 7) is 12.1. The molecule has 3 aliphatic heterocycles. The maximum atomic E-state index is 13.9. The minimum atomic E-state index is -1.51. The maximum absolute atomic E-state index is 13.9. The van der Waals surface area contributed by atoms with E-state index in [1.54, 1.807) is 20.8 Å². The Morgan fingerprint density at radius 3 is 2.48 bits per heavy atom. The molecule has 4 heterocycles. The summed E-state index contributed by atoms with van der Waals surface area (Å²) in [7, 11) is 0. The lowest BCUT2D eigenvalue weighted by Gasteiger charge is -2.38. The lowest BCUT2D eigenvalue weighted by Crippen LogP contribution is -2.49. The summed E-state index contributed by atoms with van der Waals surface area (Å²) in [4.78, 5) is 32.1. The molecule has 1 aromatic rings. The number of aliphatic hydroxyl groups is 4. The van der Waals surface area contributed by atoms with Crippen LogP contribution < -0.4 is 0 Å². The zero-order chi connectivity index (χ0) is 32.6. The van der Waals surface area contributed by atoms with Gasteiger partial charge in [-0.2, -0.15) is 0 Å². The molecule has 12 heteroatoms. The van der Waals surface area contributed by atoms with Crippen molar-refractivity contribution >= 4 is 29.2 Å². The number of aryl methyl sites for hydroxylation is 1. The smallest absolute Gasteiger partial charge is 0.309 e. The van der Waals surface area contributed by atoms with E-state index in [1.165, 1.54) is 11.3 Å². The van der Waals surface area contributed by atoms with Crippen molar-refractivity contribution in [3.05, 3.63) is 21.7 Å². The Balaban J connectivity index is 1.65. The van der Waals surface area contributed by atoms with E-state index in [9.17, 15) is 30.0 Å². The molecule has 0 aliphatic carbocycles. The average Bonchev–Trinajstić information content (AvgIpc) is 3.26. The van der Waals surface area contributed by atoms with Gasteiger partial charge in [0.05, 0.1) is 53.1 Å². The number of cyclic esters (lactones) is 1. The van der Waals surface area contributed by atoms with Crippen LogP contribution in [0.15, 0.2) is 11.0 Å². The summed E-state index contributed by atoms with van der Waals surface area (Å²) in [6.07, 6.45) is -4.02. The molecule has 0 radical (unpaired) electrons. The summed E-state index contributed by atoms with van der Waals surface area (Å²) < 4.78 is 23.8. The van der Waals surface area contributed by atoms with Crippen molar-refractivity contribution in [1.82, 2.24) is 4.98 Å². The average molecular weight is 640 g/mol. The number of ketones is 1. The number of epoxide rings is 1.